The summed E-state index contributed by atoms with van der Waals surface area (Å²) in [4.78, 5) is 3.95. The number of rotatable bonds is 3. The van der Waals surface area contributed by atoms with Gasteiger partial charge in [0.05, 0.1) is 17.3 Å². The first-order valence-electron chi connectivity index (χ1n) is 3.55. The Labute approximate surface area is 66.3 Å². The van der Waals surface area contributed by atoms with Crippen LogP contribution in [0.25, 0.3) is 0 Å². The molecule has 2 nitrogen and oxygen atoms in total. The summed E-state index contributed by atoms with van der Waals surface area (Å²) in [5.41, 5.74) is 0. The van der Waals surface area contributed by atoms with Crippen LogP contribution < -0.4 is 0 Å². The highest BCUT2D eigenvalue weighted by molar-refractivity contribution is 7.78. The quantitative estimate of drug-likeness (QED) is 0.459. The zero-order valence-electron chi connectivity index (χ0n) is 6.04. The maximum Gasteiger partial charge on any atom is 0.0652 e. The molecule has 10 heavy (non-hydrogen) atoms. The van der Waals surface area contributed by atoms with E-state index in [0.717, 1.165) is 19.4 Å². The van der Waals surface area contributed by atoms with Gasteiger partial charge in [0.15, 0.2) is 0 Å². The maximum atomic E-state index is 5.33. The molecule has 56 valence electrons. The highest BCUT2D eigenvalue weighted by atomic mass is 32.1. The second kappa shape index (κ2) is 3.81. The summed E-state index contributed by atoms with van der Waals surface area (Å²) in [6.07, 6.45) is 2.48. The summed E-state index contributed by atoms with van der Waals surface area (Å²) in [7, 11) is 0. The summed E-state index contributed by atoms with van der Waals surface area (Å²) < 4.78 is 5.33. The highest BCUT2D eigenvalue weighted by Gasteiger charge is 2.28. The van der Waals surface area contributed by atoms with Crippen LogP contribution in [0.5, 0.6) is 0 Å². The van der Waals surface area contributed by atoms with Crippen molar-refractivity contribution in [1.82, 2.24) is 0 Å². The lowest BCUT2D eigenvalue weighted by molar-refractivity contribution is -0.000518. The van der Waals surface area contributed by atoms with Crippen LogP contribution in [0, 0.1) is 0 Å². The number of thiocarbonyl (C=S) groups is 1. The minimum atomic E-state index is 0.397. The Morgan fingerprint density at radius 3 is 2.90 bits per heavy atom. The number of nitrogens with zero attached hydrogens (tertiary/aromatic N) is 1. The average molecular weight is 157 g/mol. The summed E-state index contributed by atoms with van der Waals surface area (Å²) in [5, 5.41) is 2.39. The fourth-order valence-electron chi connectivity index (χ4n) is 1.09. The fraction of sp³-hybridized carbons (Fsp3) is 0.857. The Kier molecular flexibility index (Phi) is 3.00. The lowest BCUT2D eigenvalue weighted by Gasteiger charge is -2.30. The Morgan fingerprint density at radius 1 is 1.70 bits per heavy atom. The number of hydrogen-bond acceptors (Lipinski definition) is 3. The van der Waals surface area contributed by atoms with E-state index in [1.165, 1.54) is 0 Å². The molecule has 1 aliphatic carbocycles. The third-order valence-electron chi connectivity index (χ3n) is 1.71. The molecule has 0 atom stereocenters. The maximum absolute atomic E-state index is 5.33. The molecule has 0 unspecified atom stereocenters. The predicted octanol–water partition coefficient (Wildman–Crippen LogP) is 1.66. The third-order valence-corrected chi connectivity index (χ3v) is 1.81. The van der Waals surface area contributed by atoms with Crippen LogP contribution in [-0.4, -0.2) is 23.9 Å². The molecule has 1 fully saturated rings. The minimum Gasteiger partial charge on any atom is -0.378 e. The molecule has 0 spiro atoms. The van der Waals surface area contributed by atoms with Crippen molar-refractivity contribution in [3.63, 3.8) is 0 Å². The van der Waals surface area contributed by atoms with Crippen LogP contribution in [-0.2, 0) is 4.74 Å². The molecule has 0 aromatic rings. The van der Waals surface area contributed by atoms with Gasteiger partial charge in [0.25, 0.3) is 0 Å². The highest BCUT2D eigenvalue weighted by Crippen LogP contribution is 2.25. The first-order chi connectivity index (χ1) is 4.86. The molecule has 0 heterocycles. The third kappa shape index (κ3) is 1.87. The van der Waals surface area contributed by atoms with Crippen molar-refractivity contribution in [3.05, 3.63) is 0 Å². The normalized spacial score (nSPS) is 30.5. The molecule has 0 saturated heterocycles. The summed E-state index contributed by atoms with van der Waals surface area (Å²) >= 11 is 4.47. The molecule has 0 amide bonds. The second-order valence-electron chi connectivity index (χ2n) is 2.42. The molecule has 0 bridgehead atoms. The van der Waals surface area contributed by atoms with E-state index in [0.29, 0.717) is 12.1 Å². The van der Waals surface area contributed by atoms with Gasteiger partial charge in [0, 0.05) is 6.61 Å². The van der Waals surface area contributed by atoms with E-state index in [2.05, 4.69) is 22.4 Å². The van der Waals surface area contributed by atoms with E-state index in [4.69, 9.17) is 4.74 Å². The van der Waals surface area contributed by atoms with Crippen LogP contribution in [0.2, 0.25) is 0 Å². The van der Waals surface area contributed by atoms with Gasteiger partial charge in [-0.1, -0.05) is 0 Å². The van der Waals surface area contributed by atoms with Gasteiger partial charge < -0.3 is 4.74 Å². The molecule has 0 radical (unpaired) electrons. The van der Waals surface area contributed by atoms with Gasteiger partial charge >= 0.3 is 0 Å². The number of hydrogen-bond donors (Lipinski definition) is 0. The smallest absolute Gasteiger partial charge is 0.0652 e. The van der Waals surface area contributed by atoms with Gasteiger partial charge in [-0.05, 0) is 32.0 Å². The molecule has 0 aromatic heterocycles. The molecule has 1 rings (SSSR count). The van der Waals surface area contributed by atoms with Crippen molar-refractivity contribution in [2.24, 2.45) is 4.99 Å². The molecule has 1 aliphatic rings. The van der Waals surface area contributed by atoms with E-state index in [9.17, 15) is 0 Å². The molecule has 0 N–H and O–H groups in total. The Morgan fingerprint density at radius 2 is 2.40 bits per heavy atom. The SMILES string of the molecule is CCO[C@H]1C[C@H](N=C=S)C1. The Hall–Kier alpha value is -0.240. The van der Waals surface area contributed by atoms with Gasteiger partial charge in [0.2, 0.25) is 0 Å². The zero-order chi connectivity index (χ0) is 7.40. The average Bonchev–Trinajstić information content (AvgIpc) is 1.84. The van der Waals surface area contributed by atoms with Gasteiger partial charge in [0.1, 0.15) is 0 Å². The number of isothiocyanates is 1. The Bertz CT molecular complexity index is 148. The van der Waals surface area contributed by atoms with Crippen molar-refractivity contribution in [1.29, 1.82) is 0 Å². The summed E-state index contributed by atoms with van der Waals surface area (Å²) in [5.74, 6) is 0. The largest absolute Gasteiger partial charge is 0.378 e. The predicted molar refractivity (Wildman–Crippen MR) is 43.5 cm³/mol. The van der Waals surface area contributed by atoms with Crippen molar-refractivity contribution >= 4 is 17.4 Å². The van der Waals surface area contributed by atoms with Crippen molar-refractivity contribution in [2.75, 3.05) is 6.61 Å². The van der Waals surface area contributed by atoms with Gasteiger partial charge in [-0.3, -0.25) is 0 Å². The lowest BCUT2D eigenvalue weighted by Crippen LogP contribution is -2.34. The van der Waals surface area contributed by atoms with Crippen LogP contribution in [0.4, 0.5) is 0 Å². The minimum absolute atomic E-state index is 0.397. The van der Waals surface area contributed by atoms with Crippen LogP contribution in [0.15, 0.2) is 4.99 Å². The monoisotopic (exact) mass is 157 g/mol. The second-order valence-corrected chi connectivity index (χ2v) is 2.61. The van der Waals surface area contributed by atoms with E-state index in [1.54, 1.807) is 0 Å². The van der Waals surface area contributed by atoms with Crippen LogP contribution in [0.1, 0.15) is 19.8 Å². The molecular weight excluding hydrogens is 146 g/mol. The van der Waals surface area contributed by atoms with E-state index >= 15 is 0 Å². The fourth-order valence-corrected chi connectivity index (χ4v) is 1.24. The Balaban J connectivity index is 2.11. The molecule has 0 aromatic carbocycles. The van der Waals surface area contributed by atoms with Crippen LogP contribution >= 0.6 is 12.2 Å². The standard InChI is InChI=1S/C7H11NOS/c1-2-9-7-3-6(4-7)8-5-10/h6-7H,2-4H2,1H3/t6-,7-. The first kappa shape index (κ1) is 7.86. The molecule has 0 aliphatic heterocycles. The summed E-state index contributed by atoms with van der Waals surface area (Å²) in [6.45, 7) is 2.81. The van der Waals surface area contributed by atoms with Crippen molar-refractivity contribution in [3.8, 4) is 0 Å². The topological polar surface area (TPSA) is 21.6 Å². The van der Waals surface area contributed by atoms with E-state index in [1.807, 2.05) is 6.92 Å². The number of ether oxygens (including phenoxy) is 1. The molecule has 1 saturated carbocycles. The number of aliphatic imine (C=N–C) groups is 1. The molecular formula is C7H11NOS. The van der Waals surface area contributed by atoms with Gasteiger partial charge in [-0.15, -0.1) is 0 Å². The van der Waals surface area contributed by atoms with E-state index in [-0.39, 0.29) is 0 Å². The van der Waals surface area contributed by atoms with Crippen molar-refractivity contribution in [2.45, 2.75) is 31.9 Å². The first-order valence-corrected chi connectivity index (χ1v) is 3.96. The zero-order valence-corrected chi connectivity index (χ0v) is 6.86. The lowest BCUT2D eigenvalue weighted by atomic mass is 9.90. The van der Waals surface area contributed by atoms with Crippen LogP contribution in [0.3, 0.4) is 0 Å². The molecule has 3 heteroatoms. The van der Waals surface area contributed by atoms with Crippen molar-refractivity contribution < 1.29 is 4.74 Å². The van der Waals surface area contributed by atoms with Gasteiger partial charge in [-0.2, -0.15) is 0 Å². The van der Waals surface area contributed by atoms with E-state index < -0.39 is 0 Å². The summed E-state index contributed by atoms with van der Waals surface area (Å²) in [6, 6.07) is 0.397. The van der Waals surface area contributed by atoms with Gasteiger partial charge in [-0.25, -0.2) is 4.99 Å².